The van der Waals surface area contributed by atoms with Crippen LogP contribution in [0.15, 0.2) is 42.6 Å². The number of carbonyl (C=O) groups excluding carboxylic acids is 1. The predicted molar refractivity (Wildman–Crippen MR) is 93.1 cm³/mol. The third-order valence-corrected chi connectivity index (χ3v) is 4.16. The molecule has 0 atom stereocenters. The van der Waals surface area contributed by atoms with Gasteiger partial charge in [0.2, 0.25) is 0 Å². The van der Waals surface area contributed by atoms with Crippen molar-refractivity contribution in [2.24, 2.45) is 0 Å². The molecule has 0 aliphatic rings. The molecular formula is C19H21N3O. The Morgan fingerprint density at radius 2 is 2.00 bits per heavy atom. The summed E-state index contributed by atoms with van der Waals surface area (Å²) in [6.07, 6.45) is 3.63. The zero-order chi connectivity index (χ0) is 16.4. The molecule has 0 aliphatic heterocycles. The van der Waals surface area contributed by atoms with Crippen LogP contribution in [0.3, 0.4) is 0 Å². The highest BCUT2D eigenvalue weighted by Crippen LogP contribution is 2.21. The second kappa shape index (κ2) is 6.24. The summed E-state index contributed by atoms with van der Waals surface area (Å²) in [5, 5.41) is 3.04. The summed E-state index contributed by atoms with van der Waals surface area (Å²) in [5.74, 6) is -0.110. The molecule has 0 saturated carbocycles. The molecule has 23 heavy (non-hydrogen) atoms. The minimum absolute atomic E-state index is 0.110. The minimum atomic E-state index is -0.110. The third-order valence-electron chi connectivity index (χ3n) is 4.16. The number of benzene rings is 1. The fraction of sp³-hybridized carbons (Fsp3) is 0.263. The van der Waals surface area contributed by atoms with Crippen molar-refractivity contribution in [1.82, 2.24) is 9.38 Å². The molecule has 1 N–H and O–H groups in total. The molecule has 3 rings (SSSR count). The number of nitrogens with zero attached hydrogens (tertiary/aromatic N) is 2. The number of imidazole rings is 1. The topological polar surface area (TPSA) is 46.4 Å². The number of aromatic nitrogens is 2. The summed E-state index contributed by atoms with van der Waals surface area (Å²) in [6, 6.07) is 11.7. The van der Waals surface area contributed by atoms with Crippen LogP contribution < -0.4 is 5.32 Å². The van der Waals surface area contributed by atoms with Gasteiger partial charge in [-0.3, -0.25) is 9.20 Å². The zero-order valence-corrected chi connectivity index (χ0v) is 13.8. The van der Waals surface area contributed by atoms with Crippen LogP contribution in [-0.2, 0) is 6.42 Å². The lowest BCUT2D eigenvalue weighted by Gasteiger charge is -2.11. The van der Waals surface area contributed by atoms with Crippen LogP contribution in [0, 0.1) is 13.8 Å². The van der Waals surface area contributed by atoms with Gasteiger partial charge in [-0.2, -0.15) is 0 Å². The monoisotopic (exact) mass is 307 g/mol. The molecule has 0 aliphatic carbocycles. The Bertz CT molecular complexity index is 864. The summed E-state index contributed by atoms with van der Waals surface area (Å²) in [4.78, 5) is 17.5. The summed E-state index contributed by atoms with van der Waals surface area (Å²) in [7, 11) is 0. The second-order valence-electron chi connectivity index (χ2n) is 5.79. The number of nitrogens with one attached hydrogen (secondary N) is 1. The Labute approximate surface area is 136 Å². The van der Waals surface area contributed by atoms with Gasteiger partial charge in [-0.05, 0) is 49.6 Å². The summed E-state index contributed by atoms with van der Waals surface area (Å²) < 4.78 is 1.87. The van der Waals surface area contributed by atoms with Crippen LogP contribution in [0.1, 0.15) is 40.7 Å². The standard InChI is InChI=1S/C19H21N3O/c1-4-8-16-18(22-12-6-5-11-17(22)20-16)19(23)21-15-10-7-9-13(2)14(15)3/h5-7,9-12H,4,8H2,1-3H3,(H,21,23). The number of aryl methyl sites for hydroxylation is 2. The fourth-order valence-corrected chi connectivity index (χ4v) is 2.76. The van der Waals surface area contributed by atoms with Gasteiger partial charge in [-0.1, -0.05) is 31.5 Å². The Kier molecular flexibility index (Phi) is 4.15. The summed E-state index contributed by atoms with van der Waals surface area (Å²) >= 11 is 0. The molecule has 4 heteroatoms. The van der Waals surface area contributed by atoms with E-state index in [-0.39, 0.29) is 5.91 Å². The van der Waals surface area contributed by atoms with E-state index in [1.54, 1.807) is 0 Å². The van der Waals surface area contributed by atoms with Crippen LogP contribution >= 0.6 is 0 Å². The second-order valence-corrected chi connectivity index (χ2v) is 5.79. The third kappa shape index (κ3) is 2.84. The SMILES string of the molecule is CCCc1nc2ccccn2c1C(=O)Nc1cccc(C)c1C. The van der Waals surface area contributed by atoms with Gasteiger partial charge in [0.05, 0.1) is 5.69 Å². The highest BCUT2D eigenvalue weighted by atomic mass is 16.2. The maximum atomic E-state index is 12.9. The van der Waals surface area contributed by atoms with Gasteiger partial charge in [-0.25, -0.2) is 4.98 Å². The van der Waals surface area contributed by atoms with Gasteiger partial charge in [0.25, 0.3) is 5.91 Å². The van der Waals surface area contributed by atoms with E-state index in [4.69, 9.17) is 0 Å². The minimum Gasteiger partial charge on any atom is -0.320 e. The maximum absolute atomic E-state index is 12.9. The van der Waals surface area contributed by atoms with Gasteiger partial charge in [0, 0.05) is 11.9 Å². The number of amides is 1. The Morgan fingerprint density at radius 1 is 1.17 bits per heavy atom. The van der Waals surface area contributed by atoms with Crippen molar-refractivity contribution >= 4 is 17.2 Å². The molecular weight excluding hydrogens is 286 g/mol. The van der Waals surface area contributed by atoms with E-state index in [0.717, 1.165) is 41.0 Å². The van der Waals surface area contributed by atoms with Gasteiger partial charge in [0.1, 0.15) is 11.3 Å². The van der Waals surface area contributed by atoms with Gasteiger partial charge in [0.15, 0.2) is 0 Å². The molecule has 4 nitrogen and oxygen atoms in total. The van der Waals surface area contributed by atoms with Gasteiger partial charge >= 0.3 is 0 Å². The Balaban J connectivity index is 2.03. The van der Waals surface area contributed by atoms with Crippen LogP contribution in [0.4, 0.5) is 5.69 Å². The molecule has 0 bridgehead atoms. The van der Waals surface area contributed by atoms with E-state index in [9.17, 15) is 4.79 Å². The van der Waals surface area contributed by atoms with Crippen LogP contribution in [0.2, 0.25) is 0 Å². The molecule has 0 radical (unpaired) electrons. The molecule has 1 aromatic carbocycles. The molecule has 1 amide bonds. The lowest BCUT2D eigenvalue weighted by Crippen LogP contribution is -2.17. The quantitative estimate of drug-likeness (QED) is 0.787. The van der Waals surface area contributed by atoms with Crippen LogP contribution in [-0.4, -0.2) is 15.3 Å². The highest BCUT2D eigenvalue weighted by Gasteiger charge is 2.19. The molecule has 0 saturated heterocycles. The average Bonchev–Trinajstić information content (AvgIpc) is 2.90. The smallest absolute Gasteiger partial charge is 0.274 e. The first-order valence-electron chi connectivity index (χ1n) is 7.95. The predicted octanol–water partition coefficient (Wildman–Crippen LogP) is 4.16. The molecule has 0 unspecified atom stereocenters. The number of anilines is 1. The van der Waals surface area contributed by atoms with Gasteiger partial charge < -0.3 is 5.32 Å². The molecule has 3 aromatic rings. The van der Waals surface area contributed by atoms with E-state index >= 15 is 0 Å². The summed E-state index contributed by atoms with van der Waals surface area (Å²) in [6.45, 7) is 6.16. The van der Waals surface area contributed by atoms with Gasteiger partial charge in [-0.15, -0.1) is 0 Å². The number of hydrogen-bond donors (Lipinski definition) is 1. The Hall–Kier alpha value is -2.62. The number of pyridine rings is 1. The van der Waals surface area contributed by atoms with Crippen LogP contribution in [0.25, 0.3) is 5.65 Å². The zero-order valence-electron chi connectivity index (χ0n) is 13.8. The largest absolute Gasteiger partial charge is 0.320 e. The van der Waals surface area contributed by atoms with Crippen molar-refractivity contribution in [3.63, 3.8) is 0 Å². The normalized spacial score (nSPS) is 10.9. The van der Waals surface area contributed by atoms with Crippen molar-refractivity contribution in [3.8, 4) is 0 Å². The number of hydrogen-bond acceptors (Lipinski definition) is 2. The van der Waals surface area contributed by atoms with Crippen molar-refractivity contribution in [2.45, 2.75) is 33.6 Å². The molecule has 118 valence electrons. The van der Waals surface area contributed by atoms with E-state index < -0.39 is 0 Å². The lowest BCUT2D eigenvalue weighted by atomic mass is 10.1. The lowest BCUT2D eigenvalue weighted by molar-refractivity contribution is 0.102. The van der Waals surface area contributed by atoms with Crippen LogP contribution in [0.5, 0.6) is 0 Å². The maximum Gasteiger partial charge on any atom is 0.274 e. The Morgan fingerprint density at radius 3 is 2.78 bits per heavy atom. The van der Waals surface area contributed by atoms with E-state index in [2.05, 4.69) is 17.2 Å². The highest BCUT2D eigenvalue weighted by molar-refractivity contribution is 6.05. The average molecular weight is 307 g/mol. The first-order valence-corrected chi connectivity index (χ1v) is 7.95. The van der Waals surface area contributed by atoms with Crippen molar-refractivity contribution in [3.05, 3.63) is 65.1 Å². The van der Waals surface area contributed by atoms with Crippen molar-refractivity contribution in [1.29, 1.82) is 0 Å². The van der Waals surface area contributed by atoms with E-state index in [1.165, 1.54) is 0 Å². The summed E-state index contributed by atoms with van der Waals surface area (Å²) in [5.41, 5.74) is 5.39. The first-order chi connectivity index (χ1) is 11.1. The molecule has 0 fully saturated rings. The first kappa shape index (κ1) is 15.3. The number of fused-ring (bicyclic) bond motifs is 1. The van der Waals surface area contributed by atoms with E-state index in [0.29, 0.717) is 5.69 Å². The fourth-order valence-electron chi connectivity index (χ4n) is 2.76. The number of carbonyl (C=O) groups is 1. The molecule has 2 heterocycles. The van der Waals surface area contributed by atoms with Crippen molar-refractivity contribution < 1.29 is 4.79 Å². The number of rotatable bonds is 4. The van der Waals surface area contributed by atoms with Crippen molar-refractivity contribution in [2.75, 3.05) is 5.32 Å². The molecule has 0 spiro atoms. The van der Waals surface area contributed by atoms with E-state index in [1.807, 2.05) is 60.8 Å². The molecule has 2 aromatic heterocycles.